The second-order valence-corrected chi connectivity index (χ2v) is 4.76. The Kier molecular flexibility index (Phi) is 4.10. The summed E-state index contributed by atoms with van der Waals surface area (Å²) in [5, 5.41) is 5.77. The summed E-state index contributed by atoms with van der Waals surface area (Å²) in [7, 11) is 0. The molecule has 1 heterocycles. The summed E-state index contributed by atoms with van der Waals surface area (Å²) in [4.78, 5) is 11.2. The minimum absolute atomic E-state index is 0.110. The van der Waals surface area contributed by atoms with Crippen LogP contribution in [-0.2, 0) is 9.53 Å². The minimum atomic E-state index is -0.164. The van der Waals surface area contributed by atoms with Gasteiger partial charge >= 0.3 is 0 Å². The Balaban J connectivity index is 2.11. The van der Waals surface area contributed by atoms with E-state index in [9.17, 15) is 4.79 Å². The zero-order valence-electron chi connectivity index (χ0n) is 8.23. The van der Waals surface area contributed by atoms with Crippen molar-refractivity contribution in [1.82, 2.24) is 10.6 Å². The van der Waals surface area contributed by atoms with Crippen LogP contribution in [0.15, 0.2) is 11.1 Å². The number of hydrogen-bond acceptors (Lipinski definition) is 3. The van der Waals surface area contributed by atoms with Gasteiger partial charge in [-0.2, -0.15) is 0 Å². The summed E-state index contributed by atoms with van der Waals surface area (Å²) in [5.41, 5.74) is -0.164. The third-order valence-electron chi connectivity index (χ3n) is 2.03. The maximum atomic E-state index is 11.2. The average Bonchev–Trinajstić information content (AvgIpc) is 2.08. The number of ether oxygens (including phenoxy) is 1. The van der Waals surface area contributed by atoms with Gasteiger partial charge in [-0.05, 0) is 6.92 Å². The molecule has 0 aliphatic carbocycles. The fraction of sp³-hybridized carbons (Fsp3) is 0.667. The average molecular weight is 263 g/mol. The van der Waals surface area contributed by atoms with Crippen molar-refractivity contribution in [3.63, 3.8) is 0 Å². The van der Waals surface area contributed by atoms with Gasteiger partial charge in [-0.25, -0.2) is 0 Å². The Labute approximate surface area is 92.2 Å². The summed E-state index contributed by atoms with van der Waals surface area (Å²) >= 11 is 3.16. The highest BCUT2D eigenvalue weighted by Gasteiger charge is 2.32. The zero-order chi connectivity index (χ0) is 10.6. The van der Waals surface area contributed by atoms with E-state index < -0.39 is 0 Å². The van der Waals surface area contributed by atoms with Crippen LogP contribution in [0.4, 0.5) is 0 Å². The highest BCUT2D eigenvalue weighted by atomic mass is 79.9. The van der Waals surface area contributed by atoms with Gasteiger partial charge in [0.25, 0.3) is 0 Å². The van der Waals surface area contributed by atoms with E-state index in [1.54, 1.807) is 0 Å². The number of nitrogens with one attached hydrogen (secondary N) is 2. The molecule has 0 bridgehead atoms. The van der Waals surface area contributed by atoms with Crippen molar-refractivity contribution >= 4 is 21.8 Å². The van der Waals surface area contributed by atoms with Crippen LogP contribution in [0, 0.1) is 0 Å². The molecule has 5 heteroatoms. The van der Waals surface area contributed by atoms with Gasteiger partial charge in [0.2, 0.25) is 5.91 Å². The second-order valence-electron chi connectivity index (χ2n) is 3.64. The molecule has 1 aliphatic rings. The van der Waals surface area contributed by atoms with E-state index in [0.717, 1.165) is 17.6 Å². The lowest BCUT2D eigenvalue weighted by Gasteiger charge is -2.38. The third-order valence-corrected chi connectivity index (χ3v) is 2.31. The van der Waals surface area contributed by atoms with Gasteiger partial charge in [0.1, 0.15) is 6.61 Å². The molecule has 14 heavy (non-hydrogen) atoms. The summed E-state index contributed by atoms with van der Waals surface area (Å²) in [6.45, 7) is 7.77. The molecule has 0 aromatic carbocycles. The molecule has 0 radical (unpaired) electrons. The molecule has 0 unspecified atom stereocenters. The second kappa shape index (κ2) is 4.91. The third kappa shape index (κ3) is 3.77. The highest BCUT2D eigenvalue weighted by Crippen LogP contribution is 2.14. The molecule has 1 rings (SSSR count). The van der Waals surface area contributed by atoms with E-state index in [4.69, 9.17) is 4.74 Å². The van der Waals surface area contributed by atoms with E-state index in [-0.39, 0.29) is 18.1 Å². The fourth-order valence-corrected chi connectivity index (χ4v) is 1.20. The molecule has 4 nitrogen and oxygen atoms in total. The SMILES string of the molecule is C=C(Br)CNC(=O)COC1(C)CNC1. The van der Waals surface area contributed by atoms with Crippen LogP contribution in [0.3, 0.4) is 0 Å². The zero-order valence-corrected chi connectivity index (χ0v) is 9.82. The predicted molar refractivity (Wildman–Crippen MR) is 58.3 cm³/mol. The van der Waals surface area contributed by atoms with Crippen LogP contribution >= 0.6 is 15.9 Å². The summed E-state index contributed by atoms with van der Waals surface area (Å²) in [5.74, 6) is -0.112. The van der Waals surface area contributed by atoms with E-state index in [0.29, 0.717) is 6.54 Å². The van der Waals surface area contributed by atoms with Crippen molar-refractivity contribution in [1.29, 1.82) is 0 Å². The first kappa shape index (κ1) is 11.7. The lowest BCUT2D eigenvalue weighted by molar-refractivity contribution is -0.135. The van der Waals surface area contributed by atoms with Crippen LogP contribution in [0.25, 0.3) is 0 Å². The number of amides is 1. The van der Waals surface area contributed by atoms with Crippen molar-refractivity contribution in [2.24, 2.45) is 0 Å². The normalized spacial score (nSPS) is 18.4. The molecule has 1 saturated heterocycles. The quantitative estimate of drug-likeness (QED) is 0.754. The largest absolute Gasteiger partial charge is 0.363 e. The van der Waals surface area contributed by atoms with Gasteiger partial charge in [-0.1, -0.05) is 22.5 Å². The molecule has 0 aromatic rings. The number of halogens is 1. The number of hydrogen-bond donors (Lipinski definition) is 2. The van der Waals surface area contributed by atoms with Gasteiger partial charge in [0.05, 0.1) is 5.60 Å². The van der Waals surface area contributed by atoms with Crippen molar-refractivity contribution in [3.05, 3.63) is 11.1 Å². The molecule has 80 valence electrons. The lowest BCUT2D eigenvalue weighted by Crippen LogP contribution is -2.59. The number of carbonyl (C=O) groups is 1. The Morgan fingerprint density at radius 3 is 2.79 bits per heavy atom. The van der Waals surface area contributed by atoms with Gasteiger partial charge in [0, 0.05) is 24.1 Å². The van der Waals surface area contributed by atoms with E-state index in [2.05, 4.69) is 33.1 Å². The molecule has 0 spiro atoms. The lowest BCUT2D eigenvalue weighted by atomic mass is 10.0. The maximum Gasteiger partial charge on any atom is 0.246 e. The number of carbonyl (C=O) groups excluding carboxylic acids is 1. The summed E-state index contributed by atoms with van der Waals surface area (Å²) < 4.78 is 6.19. The van der Waals surface area contributed by atoms with Crippen molar-refractivity contribution < 1.29 is 9.53 Å². The smallest absolute Gasteiger partial charge is 0.246 e. The fourth-order valence-electron chi connectivity index (χ4n) is 1.06. The van der Waals surface area contributed by atoms with Crippen molar-refractivity contribution in [3.8, 4) is 0 Å². The van der Waals surface area contributed by atoms with Crippen molar-refractivity contribution in [2.45, 2.75) is 12.5 Å². The van der Waals surface area contributed by atoms with E-state index in [1.807, 2.05) is 6.92 Å². The highest BCUT2D eigenvalue weighted by molar-refractivity contribution is 9.11. The molecule has 0 saturated carbocycles. The Morgan fingerprint density at radius 2 is 2.36 bits per heavy atom. The van der Waals surface area contributed by atoms with Crippen LogP contribution in [0.1, 0.15) is 6.92 Å². The molecule has 0 atom stereocenters. The Morgan fingerprint density at radius 1 is 1.71 bits per heavy atom. The van der Waals surface area contributed by atoms with Gasteiger partial charge < -0.3 is 15.4 Å². The van der Waals surface area contributed by atoms with E-state index in [1.165, 1.54) is 0 Å². The van der Waals surface area contributed by atoms with Crippen LogP contribution in [0.2, 0.25) is 0 Å². The summed E-state index contributed by atoms with van der Waals surface area (Å²) in [6, 6.07) is 0. The maximum absolute atomic E-state index is 11.2. The predicted octanol–water partition coefficient (Wildman–Crippen LogP) is 0.390. The molecule has 0 aromatic heterocycles. The molecule has 1 fully saturated rings. The van der Waals surface area contributed by atoms with Crippen LogP contribution < -0.4 is 10.6 Å². The topological polar surface area (TPSA) is 50.4 Å². The first-order chi connectivity index (χ1) is 6.52. The minimum Gasteiger partial charge on any atom is -0.363 e. The van der Waals surface area contributed by atoms with Crippen LogP contribution in [0.5, 0.6) is 0 Å². The Bertz CT molecular complexity index is 239. The monoisotopic (exact) mass is 262 g/mol. The summed E-state index contributed by atoms with van der Waals surface area (Å²) in [6.07, 6.45) is 0. The van der Waals surface area contributed by atoms with E-state index >= 15 is 0 Å². The molecular formula is C9H15BrN2O2. The van der Waals surface area contributed by atoms with Crippen LogP contribution in [-0.4, -0.2) is 37.7 Å². The molecular weight excluding hydrogens is 248 g/mol. The van der Waals surface area contributed by atoms with Gasteiger partial charge in [-0.15, -0.1) is 0 Å². The first-order valence-corrected chi connectivity index (χ1v) is 5.26. The Hall–Kier alpha value is -0.390. The van der Waals surface area contributed by atoms with Gasteiger partial charge in [0.15, 0.2) is 0 Å². The first-order valence-electron chi connectivity index (χ1n) is 4.46. The molecule has 1 amide bonds. The molecule has 1 aliphatic heterocycles. The molecule has 2 N–H and O–H groups in total. The van der Waals surface area contributed by atoms with Gasteiger partial charge in [-0.3, -0.25) is 4.79 Å². The standard InChI is InChI=1S/C9H15BrN2O2/c1-7(10)3-12-8(13)4-14-9(2)5-11-6-9/h11H,1,3-6H2,2H3,(H,12,13). The number of rotatable bonds is 5. The van der Waals surface area contributed by atoms with Crippen molar-refractivity contribution in [2.75, 3.05) is 26.2 Å².